The number of rotatable bonds is 4. The van der Waals surface area contributed by atoms with Gasteiger partial charge >= 0.3 is 0 Å². The van der Waals surface area contributed by atoms with Crippen molar-refractivity contribution in [3.8, 4) is 10.9 Å². The maximum Gasteiger partial charge on any atom is 0.290 e. The van der Waals surface area contributed by atoms with Crippen LogP contribution in [0.25, 0.3) is 21.4 Å². The Bertz CT molecular complexity index is 1300. The number of piperazine rings is 1. The Hall–Kier alpha value is -3.57. The van der Waals surface area contributed by atoms with E-state index in [-0.39, 0.29) is 12.4 Å². The van der Waals surface area contributed by atoms with Gasteiger partial charge < -0.3 is 19.2 Å². The molecule has 11 heteroatoms. The molecule has 0 radical (unpaired) electrons. The average molecular weight is 482 g/mol. The van der Waals surface area contributed by atoms with Crippen LogP contribution in [-0.4, -0.2) is 67.4 Å². The molecule has 1 N–H and O–H groups in total. The molecule has 0 spiro atoms. The van der Waals surface area contributed by atoms with Crippen molar-refractivity contribution in [3.05, 3.63) is 42.4 Å². The number of aromatic nitrogens is 3. The molecule has 3 fully saturated rings. The molecular weight excluding hydrogens is 458 g/mol. The molecule has 0 unspecified atom stereocenters. The zero-order chi connectivity index (χ0) is 23.7. The first-order valence-corrected chi connectivity index (χ1v) is 11.7. The lowest BCUT2D eigenvalue weighted by Gasteiger charge is -2.51. The Morgan fingerprint density at radius 2 is 2.12 bits per heavy atom. The van der Waals surface area contributed by atoms with Gasteiger partial charge in [-0.15, -0.1) is 0 Å². The van der Waals surface area contributed by atoms with E-state index in [1.807, 2.05) is 29.2 Å². The van der Waals surface area contributed by atoms with Gasteiger partial charge in [-0.25, -0.2) is 9.97 Å². The van der Waals surface area contributed by atoms with Crippen molar-refractivity contribution < 1.29 is 23.8 Å². The van der Waals surface area contributed by atoms with Crippen LogP contribution in [0.5, 0.6) is 10.9 Å². The smallest absolute Gasteiger partial charge is 0.290 e. The van der Waals surface area contributed by atoms with Gasteiger partial charge in [0.25, 0.3) is 11.7 Å². The summed E-state index contributed by atoms with van der Waals surface area (Å²) in [5.74, 6) is 1.64. The second-order valence-corrected chi connectivity index (χ2v) is 9.26. The summed E-state index contributed by atoms with van der Waals surface area (Å²) in [6.07, 6.45) is 5.62. The molecule has 2 atom stereocenters. The third-order valence-electron chi connectivity index (χ3n) is 6.15. The number of hydrogen-bond donors (Lipinski definition) is 1. The number of furan rings is 1. The molecule has 0 aliphatic carbocycles. The van der Waals surface area contributed by atoms with E-state index in [4.69, 9.17) is 19.1 Å². The highest BCUT2D eigenvalue weighted by molar-refractivity contribution is 7.20. The molecule has 3 saturated heterocycles. The fraction of sp³-hybridized carbons (Fsp3) is 0.348. The number of thiazole rings is 1. The number of fused-ring (bicyclic) bond motifs is 5. The van der Waals surface area contributed by atoms with Crippen LogP contribution in [0.2, 0.25) is 0 Å². The van der Waals surface area contributed by atoms with Crippen LogP contribution in [-0.2, 0) is 16.1 Å². The Morgan fingerprint density at radius 3 is 2.85 bits per heavy atom. The van der Waals surface area contributed by atoms with Crippen LogP contribution >= 0.6 is 11.3 Å². The number of amides is 1. The molecule has 3 aliphatic rings. The molecule has 34 heavy (non-hydrogen) atoms. The first kappa shape index (κ1) is 22.2. The third-order valence-corrected chi connectivity index (χ3v) is 7.04. The summed E-state index contributed by atoms with van der Waals surface area (Å²) < 4.78 is 13.0. The molecule has 10 nitrogen and oxygen atoms in total. The lowest BCUT2D eigenvalue weighted by atomic mass is 9.90. The number of carbonyl (C=O) groups excluding carboxylic acids is 1. The number of ether oxygens (including phenoxy) is 1. The minimum atomic E-state index is -0.250. The molecule has 0 saturated carbocycles. The van der Waals surface area contributed by atoms with Crippen molar-refractivity contribution in [2.24, 2.45) is 0 Å². The van der Waals surface area contributed by atoms with Crippen LogP contribution in [0.4, 0.5) is 0 Å². The lowest BCUT2D eigenvalue weighted by Crippen LogP contribution is -2.63. The summed E-state index contributed by atoms with van der Waals surface area (Å²) in [5, 5.41) is 7.42. The van der Waals surface area contributed by atoms with Crippen LogP contribution in [0, 0.1) is 0 Å². The van der Waals surface area contributed by atoms with Gasteiger partial charge in [0, 0.05) is 50.4 Å². The molecule has 4 aromatic rings. The monoisotopic (exact) mass is 481 g/mol. The fourth-order valence-electron chi connectivity index (χ4n) is 4.67. The number of carboxylic acid groups (broad SMARTS) is 1. The van der Waals surface area contributed by atoms with E-state index < -0.39 is 0 Å². The highest BCUT2D eigenvalue weighted by Crippen LogP contribution is 2.33. The van der Waals surface area contributed by atoms with Gasteiger partial charge in [-0.1, -0.05) is 11.3 Å². The van der Waals surface area contributed by atoms with Gasteiger partial charge in [0.2, 0.25) is 5.91 Å². The Balaban J connectivity index is 0.000000764. The van der Waals surface area contributed by atoms with Gasteiger partial charge in [0.05, 0.1) is 17.4 Å². The lowest BCUT2D eigenvalue weighted by molar-refractivity contribution is -0.139. The minimum absolute atomic E-state index is 0.179. The van der Waals surface area contributed by atoms with Crippen LogP contribution < -0.4 is 4.74 Å². The molecule has 4 aromatic heterocycles. The van der Waals surface area contributed by atoms with Crippen molar-refractivity contribution in [1.82, 2.24) is 24.8 Å². The van der Waals surface area contributed by atoms with Crippen molar-refractivity contribution in [2.45, 2.75) is 38.4 Å². The summed E-state index contributed by atoms with van der Waals surface area (Å²) in [6, 6.07) is 8.40. The predicted molar refractivity (Wildman–Crippen MR) is 125 cm³/mol. The zero-order valence-electron chi connectivity index (χ0n) is 18.5. The van der Waals surface area contributed by atoms with Gasteiger partial charge in [-0.05, 0) is 25.0 Å². The highest BCUT2D eigenvalue weighted by Gasteiger charge is 2.40. The average Bonchev–Trinajstić information content (AvgIpc) is 3.42. The molecular formula is C23H23N5O5S. The summed E-state index contributed by atoms with van der Waals surface area (Å²) in [4.78, 5) is 37.8. The van der Waals surface area contributed by atoms with E-state index in [0.29, 0.717) is 34.3 Å². The molecule has 7 heterocycles. The zero-order valence-corrected chi connectivity index (χ0v) is 19.3. The van der Waals surface area contributed by atoms with E-state index in [2.05, 4.69) is 19.9 Å². The summed E-state index contributed by atoms with van der Waals surface area (Å²) in [5.41, 5.74) is 2.18. The van der Waals surface area contributed by atoms with Gasteiger partial charge in [0.1, 0.15) is 11.3 Å². The molecule has 0 aromatic carbocycles. The standard InChI is InChI=1S/C22H21N5O3S.CH2O2/c1-13(28)27-11-14-4-5-15(27)10-26(14)12-17-7-18-19(29-17)8-16(9-24-18)30-22-25-21-20(31-22)3-2-6-23-21;2-1-3/h2-3,6-9,14-15H,4-5,10-12H2,1H3;1H,(H,2,3)/t14-,15-;/m0./s1. The van der Waals surface area contributed by atoms with Crippen molar-refractivity contribution in [1.29, 1.82) is 0 Å². The first-order chi connectivity index (χ1) is 16.5. The number of pyridine rings is 2. The van der Waals surface area contributed by atoms with E-state index in [1.165, 1.54) is 11.3 Å². The van der Waals surface area contributed by atoms with Gasteiger partial charge in [-0.2, -0.15) is 4.98 Å². The van der Waals surface area contributed by atoms with Crippen LogP contribution in [0.3, 0.4) is 0 Å². The van der Waals surface area contributed by atoms with E-state index >= 15 is 0 Å². The van der Waals surface area contributed by atoms with E-state index in [9.17, 15) is 4.79 Å². The number of carbonyl (C=O) groups is 2. The maximum atomic E-state index is 11.8. The normalized spacial score (nSPS) is 19.7. The Labute approximate surface area is 198 Å². The Morgan fingerprint density at radius 1 is 1.29 bits per heavy atom. The summed E-state index contributed by atoms with van der Waals surface area (Å²) >= 11 is 1.45. The second-order valence-electron chi connectivity index (χ2n) is 8.27. The topological polar surface area (TPSA) is 122 Å². The van der Waals surface area contributed by atoms with Crippen molar-refractivity contribution in [2.75, 3.05) is 13.1 Å². The second kappa shape index (κ2) is 9.35. The summed E-state index contributed by atoms with van der Waals surface area (Å²) in [6.45, 7) is 3.85. The van der Waals surface area contributed by atoms with Gasteiger partial charge in [0.15, 0.2) is 17.0 Å². The number of piperidine rings is 2. The molecule has 176 valence electrons. The largest absolute Gasteiger partial charge is 0.483 e. The third kappa shape index (κ3) is 4.44. The summed E-state index contributed by atoms with van der Waals surface area (Å²) in [7, 11) is 0. The van der Waals surface area contributed by atoms with E-state index in [0.717, 1.165) is 48.5 Å². The van der Waals surface area contributed by atoms with Crippen LogP contribution in [0.1, 0.15) is 25.5 Å². The van der Waals surface area contributed by atoms with Crippen molar-refractivity contribution >= 4 is 45.2 Å². The minimum Gasteiger partial charge on any atom is -0.483 e. The molecule has 1 amide bonds. The van der Waals surface area contributed by atoms with Crippen molar-refractivity contribution in [3.63, 3.8) is 0 Å². The van der Waals surface area contributed by atoms with Gasteiger partial charge in [-0.3, -0.25) is 14.5 Å². The predicted octanol–water partition coefficient (Wildman–Crippen LogP) is 3.52. The molecule has 2 bridgehead atoms. The molecule has 3 aliphatic heterocycles. The van der Waals surface area contributed by atoms with E-state index in [1.54, 1.807) is 19.3 Å². The first-order valence-electron chi connectivity index (χ1n) is 10.9. The quantitative estimate of drug-likeness (QED) is 0.436. The maximum absolute atomic E-state index is 11.8. The fourth-order valence-corrected chi connectivity index (χ4v) is 5.47. The van der Waals surface area contributed by atoms with Crippen LogP contribution in [0.15, 0.2) is 41.1 Å². The SMILES string of the molecule is CC(=O)N1C[C@@H]2CC[C@H]1CN2Cc1cc2ncc(Oc3nc4ncccc4s3)cc2o1.O=CO. The number of nitrogens with zero attached hydrogens (tertiary/aromatic N) is 5. The molecule has 7 rings (SSSR count). The highest BCUT2D eigenvalue weighted by atomic mass is 32.1. The Kier molecular flexibility index (Phi) is 6.12. The number of hydrogen-bond acceptors (Lipinski definition) is 9.